The Bertz CT molecular complexity index is 835. The van der Waals surface area contributed by atoms with Crippen LogP contribution in [0.3, 0.4) is 0 Å². The molecule has 31 heavy (non-hydrogen) atoms. The summed E-state index contributed by atoms with van der Waals surface area (Å²) in [4.78, 5) is 7.28. The lowest BCUT2D eigenvalue weighted by Gasteiger charge is -2.31. The average Bonchev–Trinajstić information content (AvgIpc) is 2.81. The van der Waals surface area contributed by atoms with Crippen LogP contribution in [0.1, 0.15) is 42.0 Å². The molecule has 5 nitrogen and oxygen atoms in total. The third kappa shape index (κ3) is 6.92. The highest BCUT2D eigenvalue weighted by atomic mass is 127. The van der Waals surface area contributed by atoms with Gasteiger partial charge in [0.05, 0.1) is 19.3 Å². The van der Waals surface area contributed by atoms with Crippen molar-refractivity contribution in [1.82, 2.24) is 10.2 Å². The molecule has 0 amide bonds. The molecule has 168 valence electrons. The van der Waals surface area contributed by atoms with Gasteiger partial charge in [-0.3, -0.25) is 0 Å². The lowest BCUT2D eigenvalue weighted by Crippen LogP contribution is -2.44. The Labute approximate surface area is 203 Å². The molecule has 0 radical (unpaired) electrons. The highest BCUT2D eigenvalue weighted by Gasteiger charge is 2.18. The highest BCUT2D eigenvalue weighted by Crippen LogP contribution is 2.19. The van der Waals surface area contributed by atoms with E-state index >= 15 is 0 Å². The van der Waals surface area contributed by atoms with Crippen molar-refractivity contribution in [2.24, 2.45) is 4.99 Å². The van der Waals surface area contributed by atoms with Crippen molar-refractivity contribution in [2.75, 3.05) is 26.3 Å². The van der Waals surface area contributed by atoms with Gasteiger partial charge in [0.15, 0.2) is 5.96 Å². The quantitative estimate of drug-likeness (QED) is 0.336. The average molecular weight is 535 g/mol. The Morgan fingerprint density at radius 2 is 1.77 bits per heavy atom. The number of hydrogen-bond donors (Lipinski definition) is 1. The molecule has 2 aromatic carbocycles. The molecule has 0 bridgehead atoms. The van der Waals surface area contributed by atoms with Gasteiger partial charge in [-0.25, -0.2) is 4.99 Å². The monoisotopic (exact) mass is 535 g/mol. The van der Waals surface area contributed by atoms with E-state index in [0.717, 1.165) is 58.1 Å². The second-order valence-corrected chi connectivity index (χ2v) is 8.05. The topological polar surface area (TPSA) is 46.1 Å². The van der Waals surface area contributed by atoms with Crippen molar-refractivity contribution in [2.45, 2.75) is 52.0 Å². The Hall–Kier alpha value is -1.64. The minimum absolute atomic E-state index is 0. The van der Waals surface area contributed by atoms with E-state index in [9.17, 15) is 0 Å². The van der Waals surface area contributed by atoms with Gasteiger partial charge >= 0.3 is 0 Å². The molecule has 1 N–H and O–H groups in total. The van der Waals surface area contributed by atoms with Gasteiger partial charge in [-0.2, -0.15) is 0 Å². The fourth-order valence-electron chi connectivity index (χ4n) is 4.07. The van der Waals surface area contributed by atoms with Crippen LogP contribution < -0.4 is 5.32 Å². The van der Waals surface area contributed by atoms with E-state index in [0.29, 0.717) is 19.3 Å². The number of nitrogens with one attached hydrogen (secondary N) is 1. The van der Waals surface area contributed by atoms with Gasteiger partial charge in [0.25, 0.3) is 0 Å². The van der Waals surface area contributed by atoms with Crippen molar-refractivity contribution in [3.63, 3.8) is 0 Å². The molecule has 1 fully saturated rings. The summed E-state index contributed by atoms with van der Waals surface area (Å²) in [6, 6.07) is 17.4. The van der Waals surface area contributed by atoms with Crippen LogP contribution in [0.25, 0.3) is 0 Å². The number of fused-ring (bicyclic) bond motifs is 1. The van der Waals surface area contributed by atoms with Crippen molar-refractivity contribution in [3.05, 3.63) is 70.8 Å². The Kier molecular flexibility index (Phi) is 9.61. The van der Waals surface area contributed by atoms with Crippen LogP contribution >= 0.6 is 24.0 Å². The van der Waals surface area contributed by atoms with Gasteiger partial charge in [0.1, 0.15) is 0 Å². The maximum atomic E-state index is 6.02. The number of hydrogen-bond acceptors (Lipinski definition) is 3. The van der Waals surface area contributed by atoms with E-state index in [1.54, 1.807) is 0 Å². The number of halogens is 1. The molecule has 0 aliphatic carbocycles. The van der Waals surface area contributed by atoms with E-state index in [1.165, 1.54) is 22.3 Å². The van der Waals surface area contributed by atoms with Gasteiger partial charge in [-0.15, -0.1) is 24.0 Å². The Morgan fingerprint density at radius 3 is 2.52 bits per heavy atom. The zero-order valence-electron chi connectivity index (χ0n) is 18.4. The summed E-state index contributed by atoms with van der Waals surface area (Å²) in [5.74, 6) is 0.999. The van der Waals surface area contributed by atoms with Gasteiger partial charge in [0.2, 0.25) is 0 Å². The first kappa shape index (κ1) is 24.0. The SMILES string of the molecule is CCNC(=NCc1ccc(COC2CCOCC2)cc1)N1CCc2ccccc2C1.I. The first-order chi connectivity index (χ1) is 14.8. The molecule has 2 heterocycles. The van der Waals surface area contributed by atoms with Crippen molar-refractivity contribution in [1.29, 1.82) is 0 Å². The number of guanidine groups is 1. The summed E-state index contributed by atoms with van der Waals surface area (Å²) in [6.07, 6.45) is 3.41. The molecule has 2 aromatic rings. The predicted molar refractivity (Wildman–Crippen MR) is 136 cm³/mol. The smallest absolute Gasteiger partial charge is 0.194 e. The molecule has 0 atom stereocenters. The molecular formula is C25H34IN3O2. The lowest BCUT2D eigenvalue weighted by atomic mass is 10.0. The minimum Gasteiger partial charge on any atom is -0.381 e. The fraction of sp³-hybridized carbons (Fsp3) is 0.480. The van der Waals surface area contributed by atoms with Gasteiger partial charge in [-0.05, 0) is 48.4 Å². The predicted octanol–water partition coefficient (Wildman–Crippen LogP) is 4.52. The normalized spacial score (nSPS) is 17.1. The molecule has 6 heteroatoms. The van der Waals surface area contributed by atoms with Crippen LogP contribution in [0, 0.1) is 0 Å². The minimum atomic E-state index is 0. The summed E-state index contributed by atoms with van der Waals surface area (Å²) in [5, 5.41) is 3.47. The van der Waals surface area contributed by atoms with E-state index in [4.69, 9.17) is 14.5 Å². The van der Waals surface area contributed by atoms with Crippen LogP contribution in [-0.2, 0) is 35.6 Å². The van der Waals surface area contributed by atoms with Crippen LogP contribution in [0.15, 0.2) is 53.5 Å². The van der Waals surface area contributed by atoms with E-state index in [2.05, 4.69) is 65.7 Å². The van der Waals surface area contributed by atoms with E-state index in [1.807, 2.05) is 0 Å². The molecule has 4 rings (SSSR count). The third-order valence-corrected chi connectivity index (χ3v) is 5.85. The largest absolute Gasteiger partial charge is 0.381 e. The molecule has 1 saturated heterocycles. The third-order valence-electron chi connectivity index (χ3n) is 5.85. The summed E-state index contributed by atoms with van der Waals surface area (Å²) in [7, 11) is 0. The van der Waals surface area contributed by atoms with Crippen molar-refractivity contribution < 1.29 is 9.47 Å². The molecule has 0 spiro atoms. The van der Waals surface area contributed by atoms with Crippen LogP contribution in [0.2, 0.25) is 0 Å². The number of ether oxygens (including phenoxy) is 2. The number of benzene rings is 2. The zero-order valence-corrected chi connectivity index (χ0v) is 20.7. The van der Waals surface area contributed by atoms with E-state index < -0.39 is 0 Å². The first-order valence-electron chi connectivity index (χ1n) is 11.2. The van der Waals surface area contributed by atoms with Crippen molar-refractivity contribution in [3.8, 4) is 0 Å². The standard InChI is InChI=1S/C25H33N3O2.HI/c1-2-26-25(28-14-11-22-5-3-4-6-23(22)18-28)27-17-20-7-9-21(10-8-20)19-30-24-12-15-29-16-13-24;/h3-10,24H,2,11-19H2,1H3,(H,26,27);1H. The van der Waals surface area contributed by atoms with Gasteiger partial charge < -0.3 is 19.7 Å². The number of rotatable bonds is 6. The first-order valence-corrected chi connectivity index (χ1v) is 11.2. The van der Waals surface area contributed by atoms with Crippen LogP contribution in [0.5, 0.6) is 0 Å². The van der Waals surface area contributed by atoms with Crippen molar-refractivity contribution >= 4 is 29.9 Å². The zero-order chi connectivity index (χ0) is 20.6. The molecular weight excluding hydrogens is 501 g/mol. The molecule has 0 aromatic heterocycles. The lowest BCUT2D eigenvalue weighted by molar-refractivity contribution is -0.0390. The molecule has 0 unspecified atom stereocenters. The highest BCUT2D eigenvalue weighted by molar-refractivity contribution is 14.0. The van der Waals surface area contributed by atoms with Crippen LogP contribution in [0.4, 0.5) is 0 Å². The summed E-state index contributed by atoms with van der Waals surface area (Å²) >= 11 is 0. The second kappa shape index (κ2) is 12.4. The molecule has 2 aliphatic rings. The maximum Gasteiger partial charge on any atom is 0.194 e. The molecule has 2 aliphatic heterocycles. The summed E-state index contributed by atoms with van der Waals surface area (Å²) in [6.45, 7) is 7.91. The van der Waals surface area contributed by atoms with Gasteiger partial charge in [-0.1, -0.05) is 48.5 Å². The fourth-order valence-corrected chi connectivity index (χ4v) is 4.07. The van der Waals surface area contributed by atoms with Gasteiger partial charge in [0, 0.05) is 32.8 Å². The Balaban J connectivity index is 0.00000272. The maximum absolute atomic E-state index is 6.02. The van der Waals surface area contributed by atoms with Crippen LogP contribution in [-0.4, -0.2) is 43.3 Å². The number of aliphatic imine (C=N–C) groups is 1. The molecule has 0 saturated carbocycles. The van der Waals surface area contributed by atoms with E-state index in [-0.39, 0.29) is 24.0 Å². The summed E-state index contributed by atoms with van der Waals surface area (Å²) < 4.78 is 11.4. The summed E-state index contributed by atoms with van der Waals surface area (Å²) in [5.41, 5.74) is 5.30. The number of nitrogens with zero attached hydrogens (tertiary/aromatic N) is 2. The second-order valence-electron chi connectivity index (χ2n) is 8.05. The Morgan fingerprint density at radius 1 is 1.06 bits per heavy atom.